The number of ether oxygens (including phenoxy) is 2. The molecule has 0 atom stereocenters. The van der Waals surface area contributed by atoms with Crippen LogP contribution in [-0.2, 0) is 6.42 Å². The minimum atomic E-state index is 0.258. The van der Waals surface area contributed by atoms with Crippen molar-refractivity contribution in [2.45, 2.75) is 13.3 Å². The van der Waals surface area contributed by atoms with Crippen LogP contribution in [0.25, 0.3) is 0 Å². The summed E-state index contributed by atoms with van der Waals surface area (Å²) in [6.45, 7) is 1.99. The van der Waals surface area contributed by atoms with E-state index in [9.17, 15) is 0 Å². The number of hydrogen-bond donors (Lipinski definition) is 1. The number of rotatable bonds is 4. The van der Waals surface area contributed by atoms with Crippen molar-refractivity contribution < 1.29 is 9.47 Å². The predicted octanol–water partition coefficient (Wildman–Crippen LogP) is 3.44. The van der Waals surface area contributed by atoms with Gasteiger partial charge in [0.2, 0.25) is 0 Å². The van der Waals surface area contributed by atoms with Crippen LogP contribution in [0.15, 0.2) is 36.4 Å². The molecule has 0 saturated heterocycles. The van der Waals surface area contributed by atoms with Gasteiger partial charge in [-0.2, -0.15) is 5.26 Å². The van der Waals surface area contributed by atoms with Crippen LogP contribution in [0.1, 0.15) is 11.1 Å². The van der Waals surface area contributed by atoms with Crippen molar-refractivity contribution >= 4 is 5.69 Å². The Bertz CT molecular complexity index is 660. The second-order valence-corrected chi connectivity index (χ2v) is 4.45. The van der Waals surface area contributed by atoms with Crippen molar-refractivity contribution in [1.29, 1.82) is 5.26 Å². The van der Waals surface area contributed by atoms with Crippen molar-refractivity contribution in [3.8, 4) is 23.3 Å². The van der Waals surface area contributed by atoms with E-state index in [1.807, 2.05) is 25.1 Å². The first-order chi connectivity index (χ1) is 9.63. The van der Waals surface area contributed by atoms with E-state index >= 15 is 0 Å². The van der Waals surface area contributed by atoms with Gasteiger partial charge in [-0.25, -0.2) is 0 Å². The minimum Gasteiger partial charge on any atom is -0.493 e. The van der Waals surface area contributed by atoms with E-state index in [-0.39, 0.29) is 6.42 Å². The molecule has 2 aromatic rings. The van der Waals surface area contributed by atoms with Crippen LogP contribution >= 0.6 is 0 Å². The number of nitrogen functional groups attached to an aromatic ring is 1. The number of nitrogens with zero attached hydrogens (tertiary/aromatic N) is 1. The smallest absolute Gasteiger partial charge is 0.169 e. The molecule has 0 aliphatic carbocycles. The highest BCUT2D eigenvalue weighted by atomic mass is 16.5. The Kier molecular flexibility index (Phi) is 4.11. The molecule has 0 amide bonds. The number of anilines is 1. The van der Waals surface area contributed by atoms with Crippen LogP contribution in [0.4, 0.5) is 5.69 Å². The van der Waals surface area contributed by atoms with Gasteiger partial charge in [0.05, 0.1) is 19.6 Å². The van der Waals surface area contributed by atoms with E-state index < -0.39 is 0 Å². The maximum Gasteiger partial charge on any atom is 0.169 e. The molecular weight excluding hydrogens is 252 g/mol. The summed E-state index contributed by atoms with van der Waals surface area (Å²) in [4.78, 5) is 0. The number of aryl methyl sites for hydroxylation is 1. The summed E-state index contributed by atoms with van der Waals surface area (Å²) in [5, 5.41) is 8.77. The lowest BCUT2D eigenvalue weighted by Crippen LogP contribution is -1.95. The lowest BCUT2D eigenvalue weighted by atomic mass is 10.1. The van der Waals surface area contributed by atoms with Gasteiger partial charge in [-0.15, -0.1) is 0 Å². The first-order valence-corrected chi connectivity index (χ1v) is 6.22. The van der Waals surface area contributed by atoms with Gasteiger partial charge in [-0.05, 0) is 48.4 Å². The fourth-order valence-electron chi connectivity index (χ4n) is 1.87. The van der Waals surface area contributed by atoms with Gasteiger partial charge >= 0.3 is 0 Å². The molecule has 0 fully saturated rings. The zero-order chi connectivity index (χ0) is 14.5. The molecule has 2 rings (SSSR count). The fraction of sp³-hybridized carbons (Fsp3) is 0.188. The SMILES string of the molecule is COc1cc(C)ccc1Oc1ccc(N)c(CC#N)c1. The molecule has 2 N–H and O–H groups in total. The Morgan fingerprint density at radius 2 is 1.95 bits per heavy atom. The maximum atomic E-state index is 8.77. The number of nitrogens with two attached hydrogens (primary N) is 1. The molecule has 0 radical (unpaired) electrons. The number of nitriles is 1. The molecule has 4 heteroatoms. The first-order valence-electron chi connectivity index (χ1n) is 6.22. The van der Waals surface area contributed by atoms with Crippen molar-refractivity contribution in [1.82, 2.24) is 0 Å². The molecule has 102 valence electrons. The molecule has 0 aliphatic rings. The summed E-state index contributed by atoms with van der Waals surface area (Å²) < 4.78 is 11.1. The van der Waals surface area contributed by atoms with Crippen molar-refractivity contribution in [2.24, 2.45) is 0 Å². The average Bonchev–Trinajstić information content (AvgIpc) is 2.44. The van der Waals surface area contributed by atoms with E-state index in [0.717, 1.165) is 11.1 Å². The van der Waals surface area contributed by atoms with Crippen LogP contribution in [0.2, 0.25) is 0 Å². The van der Waals surface area contributed by atoms with Crippen LogP contribution in [0, 0.1) is 18.3 Å². The Balaban J connectivity index is 2.31. The standard InChI is InChI=1S/C16H16N2O2/c1-11-3-6-15(16(9-11)19-2)20-13-4-5-14(18)12(10-13)7-8-17/h3-6,9-10H,7,18H2,1-2H3. The molecule has 0 unspecified atom stereocenters. The third-order valence-corrected chi connectivity index (χ3v) is 2.93. The Hall–Kier alpha value is -2.67. The van der Waals surface area contributed by atoms with Gasteiger partial charge in [-0.1, -0.05) is 6.07 Å². The summed E-state index contributed by atoms with van der Waals surface area (Å²) in [6, 6.07) is 13.1. The zero-order valence-corrected chi connectivity index (χ0v) is 11.5. The first kappa shape index (κ1) is 13.8. The molecule has 0 bridgehead atoms. The highest BCUT2D eigenvalue weighted by Gasteiger charge is 2.07. The third kappa shape index (κ3) is 3.01. The third-order valence-electron chi connectivity index (χ3n) is 2.93. The normalized spacial score (nSPS) is 9.85. The minimum absolute atomic E-state index is 0.258. The van der Waals surface area contributed by atoms with Gasteiger partial charge in [0.15, 0.2) is 11.5 Å². The molecule has 0 heterocycles. The van der Waals surface area contributed by atoms with Gasteiger partial charge in [-0.3, -0.25) is 0 Å². The summed E-state index contributed by atoms with van der Waals surface area (Å²) in [5.74, 6) is 1.93. The summed E-state index contributed by atoms with van der Waals surface area (Å²) in [5.41, 5.74) is 8.26. The van der Waals surface area contributed by atoms with Gasteiger partial charge in [0.1, 0.15) is 5.75 Å². The predicted molar refractivity (Wildman–Crippen MR) is 78.0 cm³/mol. The van der Waals surface area contributed by atoms with E-state index in [0.29, 0.717) is 22.9 Å². The second-order valence-electron chi connectivity index (χ2n) is 4.45. The fourth-order valence-corrected chi connectivity index (χ4v) is 1.87. The van der Waals surface area contributed by atoms with Crippen molar-refractivity contribution in [3.05, 3.63) is 47.5 Å². The summed E-state index contributed by atoms with van der Waals surface area (Å²) in [7, 11) is 1.60. The Morgan fingerprint density at radius 1 is 1.15 bits per heavy atom. The monoisotopic (exact) mass is 268 g/mol. The van der Waals surface area contributed by atoms with Crippen LogP contribution < -0.4 is 15.2 Å². The second kappa shape index (κ2) is 5.98. The summed E-state index contributed by atoms with van der Waals surface area (Å²) >= 11 is 0. The molecule has 0 aliphatic heterocycles. The van der Waals surface area contributed by atoms with Gasteiger partial charge in [0.25, 0.3) is 0 Å². The molecule has 2 aromatic carbocycles. The van der Waals surface area contributed by atoms with Gasteiger partial charge < -0.3 is 15.2 Å². The molecule has 0 saturated carbocycles. The number of benzene rings is 2. The molecular formula is C16H16N2O2. The van der Waals surface area contributed by atoms with Crippen molar-refractivity contribution in [3.63, 3.8) is 0 Å². The van der Waals surface area contributed by atoms with E-state index in [1.165, 1.54) is 0 Å². The molecule has 0 aromatic heterocycles. The molecule has 20 heavy (non-hydrogen) atoms. The van der Waals surface area contributed by atoms with E-state index in [2.05, 4.69) is 6.07 Å². The van der Waals surface area contributed by atoms with E-state index in [4.69, 9.17) is 20.5 Å². The van der Waals surface area contributed by atoms with Crippen LogP contribution in [0.5, 0.6) is 17.2 Å². The largest absolute Gasteiger partial charge is 0.493 e. The van der Waals surface area contributed by atoms with Gasteiger partial charge in [0, 0.05) is 5.69 Å². The number of hydrogen-bond acceptors (Lipinski definition) is 4. The lowest BCUT2D eigenvalue weighted by molar-refractivity contribution is 0.378. The maximum absolute atomic E-state index is 8.77. The number of methoxy groups -OCH3 is 1. The topological polar surface area (TPSA) is 68.3 Å². The highest BCUT2D eigenvalue weighted by molar-refractivity contribution is 5.53. The van der Waals surface area contributed by atoms with Crippen LogP contribution in [-0.4, -0.2) is 7.11 Å². The molecule has 4 nitrogen and oxygen atoms in total. The molecule has 0 spiro atoms. The Morgan fingerprint density at radius 3 is 2.65 bits per heavy atom. The van der Waals surface area contributed by atoms with E-state index in [1.54, 1.807) is 25.3 Å². The zero-order valence-electron chi connectivity index (χ0n) is 11.5. The lowest BCUT2D eigenvalue weighted by Gasteiger charge is -2.12. The summed E-state index contributed by atoms with van der Waals surface area (Å²) in [6.07, 6.45) is 0.258. The Labute approximate surface area is 118 Å². The average molecular weight is 268 g/mol. The van der Waals surface area contributed by atoms with Crippen molar-refractivity contribution in [2.75, 3.05) is 12.8 Å². The quantitative estimate of drug-likeness (QED) is 0.862. The van der Waals surface area contributed by atoms with Crippen LogP contribution in [0.3, 0.4) is 0 Å². The highest BCUT2D eigenvalue weighted by Crippen LogP contribution is 2.33.